The van der Waals surface area contributed by atoms with Crippen molar-refractivity contribution in [1.29, 1.82) is 0 Å². The highest BCUT2D eigenvalue weighted by Gasteiger charge is 2.53. The minimum Gasteiger partial charge on any atom is -0.444 e. The topological polar surface area (TPSA) is 70.0 Å². The van der Waals surface area contributed by atoms with Crippen molar-refractivity contribution in [2.75, 3.05) is 19.7 Å². The monoisotopic (exact) mass is 341 g/mol. The first kappa shape index (κ1) is 19.5. The third-order valence-electron chi connectivity index (χ3n) is 6.09. The maximum atomic E-state index is 12.2. The summed E-state index contributed by atoms with van der Waals surface area (Å²) in [4.78, 5) is 13.9. The van der Waals surface area contributed by atoms with E-state index >= 15 is 0 Å². The van der Waals surface area contributed by atoms with Gasteiger partial charge in [0.1, 0.15) is 5.60 Å². The van der Waals surface area contributed by atoms with Gasteiger partial charge < -0.3 is 19.8 Å². The average Bonchev–Trinajstić information content (AvgIpc) is 2.46. The van der Waals surface area contributed by atoms with Gasteiger partial charge in [-0.3, -0.25) is 0 Å². The van der Waals surface area contributed by atoms with Crippen molar-refractivity contribution in [2.45, 2.75) is 84.3 Å². The summed E-state index contributed by atoms with van der Waals surface area (Å²) in [7, 11) is 0. The van der Waals surface area contributed by atoms with Gasteiger partial charge in [0.2, 0.25) is 0 Å². The van der Waals surface area contributed by atoms with Crippen molar-refractivity contribution in [1.82, 2.24) is 4.90 Å². The van der Waals surface area contributed by atoms with Crippen molar-refractivity contribution in [2.24, 2.45) is 10.8 Å². The molecule has 1 amide bonds. The lowest BCUT2D eigenvalue weighted by Gasteiger charge is -2.54. The number of nitrogens with zero attached hydrogens (tertiary/aromatic N) is 1. The predicted molar refractivity (Wildman–Crippen MR) is 93.8 cm³/mol. The predicted octanol–water partition coefficient (Wildman–Crippen LogP) is 3.33. The van der Waals surface area contributed by atoms with Crippen LogP contribution < -0.4 is 0 Å². The molecule has 140 valence electrons. The van der Waals surface area contributed by atoms with Gasteiger partial charge >= 0.3 is 6.09 Å². The summed E-state index contributed by atoms with van der Waals surface area (Å²) in [6.07, 6.45) is 4.43. The SMILES string of the molecule is CC1(C)CCC(CO)(C2(O)CCN(C(=O)OC(C)(C)C)CC2)CC1. The molecule has 1 heterocycles. The summed E-state index contributed by atoms with van der Waals surface area (Å²) in [5.74, 6) is 0. The molecule has 1 aliphatic carbocycles. The van der Waals surface area contributed by atoms with Crippen LogP contribution in [0.15, 0.2) is 0 Å². The zero-order valence-corrected chi connectivity index (χ0v) is 16.0. The largest absolute Gasteiger partial charge is 0.444 e. The number of ether oxygens (including phenoxy) is 1. The number of aliphatic hydroxyl groups is 2. The molecule has 5 heteroatoms. The molecular weight excluding hydrogens is 306 g/mol. The fourth-order valence-corrected chi connectivity index (χ4v) is 4.09. The summed E-state index contributed by atoms with van der Waals surface area (Å²) in [6.45, 7) is 11.1. The summed E-state index contributed by atoms with van der Waals surface area (Å²) >= 11 is 0. The van der Waals surface area contributed by atoms with Crippen LogP contribution in [0.4, 0.5) is 4.79 Å². The molecule has 2 rings (SSSR count). The standard InChI is InChI=1S/C19H35NO4/c1-16(2,3)24-15(22)20-12-10-19(23,11-13-20)18(14-21)8-6-17(4,5)7-9-18/h21,23H,6-14H2,1-5H3. The summed E-state index contributed by atoms with van der Waals surface area (Å²) in [5.41, 5.74) is -1.54. The quantitative estimate of drug-likeness (QED) is 0.808. The first-order chi connectivity index (χ1) is 10.9. The Balaban J connectivity index is 2.02. The number of amides is 1. The van der Waals surface area contributed by atoms with Crippen LogP contribution >= 0.6 is 0 Å². The number of aliphatic hydroxyl groups excluding tert-OH is 1. The molecule has 1 saturated carbocycles. The fourth-order valence-electron chi connectivity index (χ4n) is 4.09. The zero-order valence-electron chi connectivity index (χ0n) is 16.0. The Hall–Kier alpha value is -0.810. The van der Waals surface area contributed by atoms with Crippen LogP contribution in [0.1, 0.15) is 73.1 Å². The maximum Gasteiger partial charge on any atom is 0.410 e. The minimum absolute atomic E-state index is 0.0199. The Labute approximate surface area is 146 Å². The second-order valence-corrected chi connectivity index (χ2v) is 9.60. The molecule has 1 saturated heterocycles. The van der Waals surface area contributed by atoms with Crippen LogP contribution in [0, 0.1) is 10.8 Å². The average molecular weight is 341 g/mol. The van der Waals surface area contributed by atoms with Gasteiger partial charge in [0, 0.05) is 18.5 Å². The van der Waals surface area contributed by atoms with Gasteiger partial charge in [-0.05, 0) is 64.7 Å². The van der Waals surface area contributed by atoms with E-state index in [2.05, 4.69) is 13.8 Å². The number of hydrogen-bond donors (Lipinski definition) is 2. The highest BCUT2D eigenvalue weighted by Crippen LogP contribution is 2.53. The second-order valence-electron chi connectivity index (χ2n) is 9.60. The van der Waals surface area contributed by atoms with Crippen molar-refractivity contribution in [3.05, 3.63) is 0 Å². The van der Waals surface area contributed by atoms with E-state index < -0.39 is 16.6 Å². The highest BCUT2D eigenvalue weighted by molar-refractivity contribution is 5.68. The molecule has 24 heavy (non-hydrogen) atoms. The van der Waals surface area contributed by atoms with Crippen LogP contribution in [0.5, 0.6) is 0 Å². The lowest BCUT2D eigenvalue weighted by Crippen LogP contribution is -2.59. The van der Waals surface area contributed by atoms with Gasteiger partial charge in [0.25, 0.3) is 0 Å². The molecule has 2 N–H and O–H groups in total. The van der Waals surface area contributed by atoms with E-state index in [1.807, 2.05) is 20.8 Å². The Bertz CT molecular complexity index is 448. The lowest BCUT2D eigenvalue weighted by atomic mass is 9.56. The van der Waals surface area contributed by atoms with Gasteiger partial charge in [-0.1, -0.05) is 13.8 Å². The summed E-state index contributed by atoms with van der Waals surface area (Å²) in [6, 6.07) is 0. The Kier molecular flexibility index (Phi) is 5.27. The maximum absolute atomic E-state index is 12.2. The van der Waals surface area contributed by atoms with Crippen LogP contribution in [0.25, 0.3) is 0 Å². The first-order valence-corrected chi connectivity index (χ1v) is 9.23. The first-order valence-electron chi connectivity index (χ1n) is 9.23. The minimum atomic E-state index is -0.892. The van der Waals surface area contributed by atoms with E-state index in [0.29, 0.717) is 25.9 Å². The Morgan fingerprint density at radius 3 is 1.96 bits per heavy atom. The molecule has 0 aromatic carbocycles. The fraction of sp³-hybridized carbons (Fsp3) is 0.947. The zero-order chi connectivity index (χ0) is 18.2. The molecule has 0 bridgehead atoms. The molecule has 2 aliphatic rings. The molecule has 0 aromatic rings. The smallest absolute Gasteiger partial charge is 0.410 e. The molecule has 0 aromatic heterocycles. The number of carbonyl (C=O) groups excluding carboxylic acids is 1. The number of hydrogen-bond acceptors (Lipinski definition) is 4. The molecule has 5 nitrogen and oxygen atoms in total. The molecule has 0 atom stereocenters. The van der Waals surface area contributed by atoms with Crippen molar-refractivity contribution in [3.63, 3.8) is 0 Å². The van der Waals surface area contributed by atoms with Gasteiger partial charge in [-0.15, -0.1) is 0 Å². The van der Waals surface area contributed by atoms with E-state index in [9.17, 15) is 15.0 Å². The normalized spacial score (nSPS) is 26.0. The lowest BCUT2D eigenvalue weighted by molar-refractivity contribution is -0.162. The third kappa shape index (κ3) is 4.05. The second kappa shape index (κ2) is 6.49. The summed E-state index contributed by atoms with van der Waals surface area (Å²) in [5, 5.41) is 21.4. The van der Waals surface area contributed by atoms with E-state index in [1.54, 1.807) is 4.90 Å². The van der Waals surface area contributed by atoms with Crippen LogP contribution in [-0.4, -0.2) is 52.1 Å². The molecule has 0 radical (unpaired) electrons. The van der Waals surface area contributed by atoms with E-state index in [0.717, 1.165) is 25.7 Å². The number of likely N-dealkylation sites (tertiary alicyclic amines) is 1. The molecule has 1 aliphatic heterocycles. The van der Waals surface area contributed by atoms with Gasteiger partial charge in [0.05, 0.1) is 12.2 Å². The summed E-state index contributed by atoms with van der Waals surface area (Å²) < 4.78 is 5.43. The molecule has 2 fully saturated rings. The number of rotatable bonds is 2. The van der Waals surface area contributed by atoms with Gasteiger partial charge in [-0.2, -0.15) is 0 Å². The van der Waals surface area contributed by atoms with E-state index in [4.69, 9.17) is 4.74 Å². The van der Waals surface area contributed by atoms with Crippen molar-refractivity contribution >= 4 is 6.09 Å². The van der Waals surface area contributed by atoms with Crippen LogP contribution in [0.2, 0.25) is 0 Å². The van der Waals surface area contributed by atoms with Gasteiger partial charge in [-0.25, -0.2) is 4.79 Å². The molecule has 0 unspecified atom stereocenters. The number of carbonyl (C=O) groups is 1. The van der Waals surface area contributed by atoms with Gasteiger partial charge in [0.15, 0.2) is 0 Å². The Morgan fingerprint density at radius 1 is 1.04 bits per heavy atom. The Morgan fingerprint density at radius 2 is 1.54 bits per heavy atom. The van der Waals surface area contributed by atoms with Crippen LogP contribution in [-0.2, 0) is 4.74 Å². The third-order valence-corrected chi connectivity index (χ3v) is 6.09. The van der Waals surface area contributed by atoms with Crippen molar-refractivity contribution < 1.29 is 19.7 Å². The number of piperidine rings is 1. The molecular formula is C19H35NO4. The van der Waals surface area contributed by atoms with Crippen LogP contribution in [0.3, 0.4) is 0 Å². The van der Waals surface area contributed by atoms with E-state index in [-0.39, 0.29) is 18.1 Å². The van der Waals surface area contributed by atoms with Crippen molar-refractivity contribution in [3.8, 4) is 0 Å². The highest BCUT2D eigenvalue weighted by atomic mass is 16.6. The molecule has 0 spiro atoms. The van der Waals surface area contributed by atoms with E-state index in [1.165, 1.54) is 0 Å².